The minimum Gasteiger partial charge on any atom is -0.334 e. The van der Waals surface area contributed by atoms with Crippen molar-refractivity contribution in [2.75, 3.05) is 6.54 Å². The molecule has 4 rings (SSSR count). The van der Waals surface area contributed by atoms with Gasteiger partial charge in [0.05, 0.1) is 0 Å². The zero-order valence-corrected chi connectivity index (χ0v) is 18.4. The lowest BCUT2D eigenvalue weighted by Crippen LogP contribution is -2.43. The highest BCUT2D eigenvalue weighted by Crippen LogP contribution is 2.38. The highest BCUT2D eigenvalue weighted by atomic mass is 16.2. The summed E-state index contributed by atoms with van der Waals surface area (Å²) in [5.74, 6) is 0.0949. The fourth-order valence-corrected chi connectivity index (χ4v) is 4.97. The number of nitrogens with zero attached hydrogens (tertiary/aromatic N) is 3. The standard InChI is InChI=1S/C26H29N3O2/c1-18-17-28(3)27-24(25(18)30)26(31)29-16-10-15-22(29)19(2)23(20-11-6-4-7-12-20)21-13-8-5-9-14-21/h4-9,11-14,17,19,22-23H,10,15-16H2,1-3H3/t19-,22-/m0/s1. The summed E-state index contributed by atoms with van der Waals surface area (Å²) in [4.78, 5) is 28.0. The second kappa shape index (κ2) is 8.88. The van der Waals surface area contributed by atoms with E-state index in [2.05, 4.69) is 60.6 Å². The first-order chi connectivity index (χ1) is 15.0. The van der Waals surface area contributed by atoms with Crippen LogP contribution in [0.5, 0.6) is 0 Å². The van der Waals surface area contributed by atoms with E-state index in [0.717, 1.165) is 12.8 Å². The number of aromatic nitrogens is 2. The third kappa shape index (κ3) is 4.18. The lowest BCUT2D eigenvalue weighted by atomic mass is 9.77. The van der Waals surface area contributed by atoms with E-state index in [1.807, 2.05) is 17.0 Å². The minimum atomic E-state index is -0.274. The molecule has 2 aromatic carbocycles. The topological polar surface area (TPSA) is 55.2 Å². The van der Waals surface area contributed by atoms with Gasteiger partial charge >= 0.3 is 0 Å². The molecular formula is C26H29N3O2. The van der Waals surface area contributed by atoms with Gasteiger partial charge in [-0.1, -0.05) is 67.6 Å². The van der Waals surface area contributed by atoms with Crippen LogP contribution in [0.25, 0.3) is 0 Å². The number of likely N-dealkylation sites (tertiary alicyclic amines) is 1. The van der Waals surface area contributed by atoms with Gasteiger partial charge in [-0.3, -0.25) is 14.3 Å². The van der Waals surface area contributed by atoms with E-state index >= 15 is 0 Å². The molecule has 0 aliphatic carbocycles. The monoisotopic (exact) mass is 415 g/mol. The van der Waals surface area contributed by atoms with Crippen LogP contribution in [-0.4, -0.2) is 33.2 Å². The Morgan fingerprint density at radius 3 is 2.19 bits per heavy atom. The second-order valence-corrected chi connectivity index (χ2v) is 8.53. The largest absolute Gasteiger partial charge is 0.334 e. The van der Waals surface area contributed by atoms with Crippen molar-refractivity contribution in [3.63, 3.8) is 0 Å². The van der Waals surface area contributed by atoms with Crippen molar-refractivity contribution in [3.05, 3.63) is 99.5 Å². The number of amides is 1. The molecule has 1 fully saturated rings. The Hall–Kier alpha value is -3.21. The van der Waals surface area contributed by atoms with Crippen LogP contribution < -0.4 is 5.43 Å². The summed E-state index contributed by atoms with van der Waals surface area (Å²) in [5, 5.41) is 4.25. The van der Waals surface area contributed by atoms with Gasteiger partial charge in [0.25, 0.3) is 5.91 Å². The molecule has 0 spiro atoms. The number of carbonyl (C=O) groups excluding carboxylic acids is 1. The van der Waals surface area contributed by atoms with Gasteiger partial charge in [-0.2, -0.15) is 5.10 Å². The van der Waals surface area contributed by atoms with Crippen LogP contribution in [-0.2, 0) is 7.05 Å². The maximum absolute atomic E-state index is 13.4. The van der Waals surface area contributed by atoms with Crippen LogP contribution in [0.3, 0.4) is 0 Å². The van der Waals surface area contributed by atoms with Gasteiger partial charge in [-0.05, 0) is 36.8 Å². The van der Waals surface area contributed by atoms with Crippen LogP contribution in [0.4, 0.5) is 0 Å². The molecule has 2 atom stereocenters. The fraction of sp³-hybridized carbons (Fsp3) is 0.346. The number of hydrogen-bond acceptors (Lipinski definition) is 3. The van der Waals surface area contributed by atoms with Gasteiger partial charge in [-0.25, -0.2) is 0 Å². The zero-order valence-electron chi connectivity index (χ0n) is 18.4. The molecule has 1 amide bonds. The Morgan fingerprint density at radius 1 is 1.03 bits per heavy atom. The highest BCUT2D eigenvalue weighted by molar-refractivity contribution is 5.92. The molecule has 160 valence electrons. The normalized spacial score (nSPS) is 17.2. The summed E-state index contributed by atoms with van der Waals surface area (Å²) in [6.07, 6.45) is 3.52. The van der Waals surface area contributed by atoms with Crippen LogP contribution in [0, 0.1) is 12.8 Å². The molecule has 1 aromatic heterocycles. The summed E-state index contributed by atoms with van der Waals surface area (Å²) in [6.45, 7) is 4.61. The maximum Gasteiger partial charge on any atom is 0.278 e. The molecular weight excluding hydrogens is 386 g/mol. The first-order valence-corrected chi connectivity index (χ1v) is 10.9. The number of carbonyl (C=O) groups is 1. The van der Waals surface area contributed by atoms with Gasteiger partial charge < -0.3 is 4.90 Å². The minimum absolute atomic E-state index is 0.0255. The van der Waals surface area contributed by atoms with E-state index < -0.39 is 0 Å². The van der Waals surface area contributed by atoms with Gasteiger partial charge in [0, 0.05) is 37.3 Å². The Balaban J connectivity index is 1.70. The molecule has 0 radical (unpaired) electrons. The zero-order chi connectivity index (χ0) is 22.0. The predicted octanol–water partition coefficient (Wildman–Crippen LogP) is 4.16. The van der Waals surface area contributed by atoms with Crippen molar-refractivity contribution in [1.29, 1.82) is 0 Å². The van der Waals surface area contributed by atoms with Crippen molar-refractivity contribution in [2.45, 2.75) is 38.6 Å². The lowest BCUT2D eigenvalue weighted by molar-refractivity contribution is 0.0676. The highest BCUT2D eigenvalue weighted by Gasteiger charge is 2.38. The van der Waals surface area contributed by atoms with Gasteiger partial charge in [0.1, 0.15) is 0 Å². The molecule has 0 saturated carbocycles. The van der Waals surface area contributed by atoms with Gasteiger partial charge in [-0.15, -0.1) is 0 Å². The molecule has 0 N–H and O–H groups in total. The van der Waals surface area contributed by atoms with E-state index in [9.17, 15) is 9.59 Å². The van der Waals surface area contributed by atoms with E-state index in [1.54, 1.807) is 24.9 Å². The summed E-state index contributed by atoms with van der Waals surface area (Å²) >= 11 is 0. The average Bonchev–Trinajstić information content (AvgIpc) is 3.27. The third-order valence-corrected chi connectivity index (χ3v) is 6.42. The van der Waals surface area contributed by atoms with Crippen LogP contribution in [0.2, 0.25) is 0 Å². The van der Waals surface area contributed by atoms with E-state index in [4.69, 9.17) is 0 Å². The van der Waals surface area contributed by atoms with Crippen molar-refractivity contribution in [1.82, 2.24) is 14.7 Å². The number of rotatable bonds is 5. The predicted molar refractivity (Wildman–Crippen MR) is 122 cm³/mol. The van der Waals surface area contributed by atoms with Crippen molar-refractivity contribution in [2.24, 2.45) is 13.0 Å². The summed E-state index contributed by atoms with van der Waals surface area (Å²) in [5.41, 5.74) is 2.77. The molecule has 1 aliphatic rings. The SMILES string of the molecule is Cc1cn(C)nc(C(=O)N2CCC[C@H]2[C@H](C)C(c2ccccc2)c2ccccc2)c1=O. The first kappa shape index (κ1) is 21.0. The van der Waals surface area contributed by atoms with E-state index in [-0.39, 0.29) is 34.9 Å². The molecule has 3 aromatic rings. The molecule has 0 bridgehead atoms. The first-order valence-electron chi connectivity index (χ1n) is 10.9. The molecule has 31 heavy (non-hydrogen) atoms. The Labute approximate surface area is 183 Å². The summed E-state index contributed by atoms with van der Waals surface area (Å²) in [6, 6.07) is 21.0. The maximum atomic E-state index is 13.4. The summed E-state index contributed by atoms with van der Waals surface area (Å²) in [7, 11) is 1.74. The number of aryl methyl sites for hydroxylation is 2. The molecule has 0 unspecified atom stereocenters. The smallest absolute Gasteiger partial charge is 0.278 e. The summed E-state index contributed by atoms with van der Waals surface area (Å²) < 4.78 is 1.55. The van der Waals surface area contributed by atoms with Crippen LogP contribution >= 0.6 is 0 Å². The Morgan fingerprint density at radius 2 is 1.61 bits per heavy atom. The molecule has 5 nitrogen and oxygen atoms in total. The lowest BCUT2D eigenvalue weighted by Gasteiger charge is -2.35. The Kier molecular flexibility index (Phi) is 6.03. The molecule has 5 heteroatoms. The van der Waals surface area contributed by atoms with Crippen molar-refractivity contribution < 1.29 is 4.79 Å². The quantitative estimate of drug-likeness (QED) is 0.629. The van der Waals surface area contributed by atoms with Crippen LogP contribution in [0.1, 0.15) is 52.9 Å². The van der Waals surface area contributed by atoms with Crippen molar-refractivity contribution >= 4 is 5.91 Å². The van der Waals surface area contributed by atoms with Crippen LogP contribution in [0.15, 0.2) is 71.7 Å². The van der Waals surface area contributed by atoms with Crippen molar-refractivity contribution in [3.8, 4) is 0 Å². The average molecular weight is 416 g/mol. The van der Waals surface area contributed by atoms with Gasteiger partial charge in [0.2, 0.25) is 5.43 Å². The third-order valence-electron chi connectivity index (χ3n) is 6.42. The second-order valence-electron chi connectivity index (χ2n) is 8.53. The Bertz CT molecular complexity index is 1070. The molecule has 1 saturated heterocycles. The molecule has 2 heterocycles. The number of benzene rings is 2. The molecule has 1 aliphatic heterocycles. The van der Waals surface area contributed by atoms with E-state index in [0.29, 0.717) is 12.1 Å². The van der Waals surface area contributed by atoms with Gasteiger partial charge in [0.15, 0.2) is 5.69 Å². The van der Waals surface area contributed by atoms with E-state index in [1.165, 1.54) is 11.1 Å². The number of hydrogen-bond donors (Lipinski definition) is 0. The fourth-order valence-electron chi connectivity index (χ4n) is 4.97.